The lowest BCUT2D eigenvalue weighted by Gasteiger charge is -2.29. The number of thiophene rings is 2. The predicted molar refractivity (Wildman–Crippen MR) is 79.7 cm³/mol. The molecule has 1 amide bonds. The van der Waals surface area contributed by atoms with Gasteiger partial charge in [-0.15, -0.1) is 0 Å². The third-order valence-electron chi connectivity index (χ3n) is 3.08. The summed E-state index contributed by atoms with van der Waals surface area (Å²) in [6.45, 7) is 2.54. The van der Waals surface area contributed by atoms with Gasteiger partial charge in [0.05, 0.1) is 18.2 Å². The van der Waals surface area contributed by atoms with Crippen LogP contribution in [0.5, 0.6) is 0 Å². The first-order valence-corrected chi connectivity index (χ1v) is 8.10. The molecule has 0 unspecified atom stereocenters. The van der Waals surface area contributed by atoms with E-state index >= 15 is 0 Å². The molecular weight excluding hydrogens is 278 g/mol. The molecule has 0 radical (unpaired) electrons. The molecule has 0 saturated heterocycles. The van der Waals surface area contributed by atoms with Gasteiger partial charge in [-0.2, -0.15) is 22.7 Å². The fourth-order valence-electron chi connectivity index (χ4n) is 1.95. The number of amides is 1. The minimum Gasteiger partial charge on any atom is -0.394 e. The van der Waals surface area contributed by atoms with Crippen LogP contribution < -0.4 is 0 Å². The van der Waals surface area contributed by atoms with Crippen LogP contribution in [0, 0.1) is 0 Å². The number of hydrogen-bond donors (Lipinski definition) is 1. The quantitative estimate of drug-likeness (QED) is 0.889. The fraction of sp³-hybridized carbons (Fsp3) is 0.357. The molecule has 0 aliphatic rings. The van der Waals surface area contributed by atoms with E-state index < -0.39 is 0 Å². The number of rotatable bonds is 6. The molecule has 1 atom stereocenters. The van der Waals surface area contributed by atoms with Gasteiger partial charge in [0.15, 0.2) is 0 Å². The molecule has 5 heteroatoms. The summed E-state index contributed by atoms with van der Waals surface area (Å²) in [4.78, 5) is 14.3. The molecule has 1 N–H and O–H groups in total. The normalized spacial score (nSPS) is 12.3. The molecule has 2 aromatic rings. The number of carbonyl (C=O) groups excluding carboxylic acids is 1. The molecule has 0 saturated carbocycles. The van der Waals surface area contributed by atoms with E-state index in [1.54, 1.807) is 16.2 Å². The monoisotopic (exact) mass is 295 g/mol. The Balaban J connectivity index is 2.20. The Morgan fingerprint density at radius 2 is 2.05 bits per heavy atom. The van der Waals surface area contributed by atoms with Gasteiger partial charge in [-0.1, -0.05) is 6.92 Å². The first-order chi connectivity index (χ1) is 9.26. The highest BCUT2D eigenvalue weighted by atomic mass is 32.1. The zero-order valence-electron chi connectivity index (χ0n) is 10.8. The van der Waals surface area contributed by atoms with Gasteiger partial charge in [0.2, 0.25) is 0 Å². The number of carbonyl (C=O) groups is 1. The first kappa shape index (κ1) is 14.2. The van der Waals surface area contributed by atoms with Crippen LogP contribution in [0.4, 0.5) is 0 Å². The smallest absolute Gasteiger partial charge is 0.255 e. The van der Waals surface area contributed by atoms with Gasteiger partial charge >= 0.3 is 0 Å². The standard InChI is InChI=1S/C14H17NO2S2/c1-2-13(8-16)15(7-11-3-5-18-9-11)14(17)12-4-6-19-10-12/h3-6,9-10,13,16H,2,7-8H2,1H3/t13-/m1/s1. The molecule has 19 heavy (non-hydrogen) atoms. The summed E-state index contributed by atoms with van der Waals surface area (Å²) in [6, 6.07) is 3.72. The minimum atomic E-state index is -0.132. The Hall–Kier alpha value is -1.17. The molecular formula is C14H17NO2S2. The molecule has 3 nitrogen and oxygen atoms in total. The van der Waals surface area contributed by atoms with Crippen molar-refractivity contribution in [1.82, 2.24) is 4.90 Å². The van der Waals surface area contributed by atoms with Crippen molar-refractivity contribution < 1.29 is 9.90 Å². The Kier molecular flexibility index (Phi) is 5.13. The van der Waals surface area contributed by atoms with Crippen molar-refractivity contribution in [2.24, 2.45) is 0 Å². The number of hydrogen-bond acceptors (Lipinski definition) is 4. The van der Waals surface area contributed by atoms with Gasteiger partial charge in [-0.05, 0) is 40.3 Å². The van der Waals surface area contributed by atoms with E-state index in [1.165, 1.54) is 11.3 Å². The zero-order chi connectivity index (χ0) is 13.7. The van der Waals surface area contributed by atoms with Crippen molar-refractivity contribution in [3.63, 3.8) is 0 Å². The van der Waals surface area contributed by atoms with Crippen LogP contribution in [-0.2, 0) is 6.54 Å². The maximum absolute atomic E-state index is 12.5. The van der Waals surface area contributed by atoms with Crippen molar-refractivity contribution in [1.29, 1.82) is 0 Å². The van der Waals surface area contributed by atoms with E-state index in [2.05, 4.69) is 0 Å². The topological polar surface area (TPSA) is 40.5 Å². The highest BCUT2D eigenvalue weighted by Gasteiger charge is 2.23. The van der Waals surface area contributed by atoms with E-state index in [4.69, 9.17) is 0 Å². The molecule has 102 valence electrons. The van der Waals surface area contributed by atoms with Crippen LogP contribution in [0.1, 0.15) is 29.3 Å². The average molecular weight is 295 g/mol. The van der Waals surface area contributed by atoms with Crippen molar-refractivity contribution in [2.45, 2.75) is 25.9 Å². The van der Waals surface area contributed by atoms with Gasteiger partial charge in [0.25, 0.3) is 5.91 Å². The summed E-state index contributed by atoms with van der Waals surface area (Å²) in [6.07, 6.45) is 0.747. The molecule has 0 fully saturated rings. The highest BCUT2D eigenvalue weighted by molar-refractivity contribution is 7.08. The average Bonchev–Trinajstić information content (AvgIpc) is 3.11. The third kappa shape index (κ3) is 3.43. The predicted octanol–water partition coefficient (Wildman–Crippen LogP) is 3.22. The van der Waals surface area contributed by atoms with Crippen LogP contribution in [0.25, 0.3) is 0 Å². The van der Waals surface area contributed by atoms with Crippen molar-refractivity contribution in [2.75, 3.05) is 6.61 Å². The Morgan fingerprint density at radius 3 is 2.58 bits per heavy atom. The van der Waals surface area contributed by atoms with E-state index in [0.717, 1.165) is 12.0 Å². The van der Waals surface area contributed by atoms with Gasteiger partial charge in [-0.3, -0.25) is 4.79 Å². The molecule has 2 heterocycles. The second kappa shape index (κ2) is 6.84. The summed E-state index contributed by atoms with van der Waals surface area (Å²) in [5.41, 5.74) is 1.81. The van der Waals surface area contributed by atoms with Crippen LogP contribution in [-0.4, -0.2) is 28.6 Å². The Morgan fingerprint density at radius 1 is 1.32 bits per heavy atom. The summed E-state index contributed by atoms with van der Waals surface area (Å²) in [5.74, 6) is -0.00616. The lowest BCUT2D eigenvalue weighted by Crippen LogP contribution is -2.41. The molecule has 0 bridgehead atoms. The zero-order valence-corrected chi connectivity index (χ0v) is 12.4. The highest BCUT2D eigenvalue weighted by Crippen LogP contribution is 2.18. The maximum Gasteiger partial charge on any atom is 0.255 e. The molecule has 2 aromatic heterocycles. The molecule has 0 aromatic carbocycles. The van der Waals surface area contributed by atoms with Gasteiger partial charge < -0.3 is 10.0 Å². The summed E-state index contributed by atoms with van der Waals surface area (Å²) in [5, 5.41) is 17.3. The van der Waals surface area contributed by atoms with Crippen LogP contribution in [0.2, 0.25) is 0 Å². The lowest BCUT2D eigenvalue weighted by molar-refractivity contribution is 0.0564. The van der Waals surface area contributed by atoms with Crippen molar-refractivity contribution in [3.8, 4) is 0 Å². The van der Waals surface area contributed by atoms with Crippen LogP contribution >= 0.6 is 22.7 Å². The second-order valence-corrected chi connectivity index (χ2v) is 5.88. The van der Waals surface area contributed by atoms with Gasteiger partial charge in [0.1, 0.15) is 0 Å². The van der Waals surface area contributed by atoms with E-state index in [1.807, 2.05) is 40.6 Å². The molecule has 2 rings (SSSR count). The fourth-order valence-corrected chi connectivity index (χ4v) is 3.24. The van der Waals surface area contributed by atoms with E-state index in [0.29, 0.717) is 12.1 Å². The maximum atomic E-state index is 12.5. The van der Waals surface area contributed by atoms with Crippen LogP contribution in [0.15, 0.2) is 33.7 Å². The van der Waals surface area contributed by atoms with Gasteiger partial charge in [0, 0.05) is 11.9 Å². The Bertz CT molecular complexity index is 490. The minimum absolute atomic E-state index is 0.00346. The third-order valence-corrected chi connectivity index (χ3v) is 4.50. The lowest BCUT2D eigenvalue weighted by atomic mass is 10.1. The summed E-state index contributed by atoms with van der Waals surface area (Å²) in [7, 11) is 0. The van der Waals surface area contributed by atoms with Crippen molar-refractivity contribution in [3.05, 3.63) is 44.8 Å². The van der Waals surface area contributed by atoms with Crippen LogP contribution in [0.3, 0.4) is 0 Å². The van der Waals surface area contributed by atoms with Gasteiger partial charge in [-0.25, -0.2) is 0 Å². The number of nitrogens with zero attached hydrogens (tertiary/aromatic N) is 1. The summed E-state index contributed by atoms with van der Waals surface area (Å²) >= 11 is 3.13. The molecule has 0 spiro atoms. The SMILES string of the molecule is CC[C@H](CO)N(Cc1ccsc1)C(=O)c1ccsc1. The number of aliphatic hydroxyl groups is 1. The second-order valence-electron chi connectivity index (χ2n) is 4.32. The summed E-state index contributed by atoms with van der Waals surface area (Å²) < 4.78 is 0. The van der Waals surface area contributed by atoms with E-state index in [-0.39, 0.29) is 18.6 Å². The first-order valence-electron chi connectivity index (χ1n) is 6.21. The van der Waals surface area contributed by atoms with Crippen molar-refractivity contribution >= 4 is 28.6 Å². The largest absolute Gasteiger partial charge is 0.394 e. The number of aliphatic hydroxyl groups excluding tert-OH is 1. The Labute approximate surface area is 121 Å². The molecule has 0 aliphatic carbocycles. The molecule has 0 aliphatic heterocycles. The van der Waals surface area contributed by atoms with E-state index in [9.17, 15) is 9.90 Å².